The van der Waals surface area contributed by atoms with Crippen molar-refractivity contribution in [3.8, 4) is 0 Å². The number of rotatable bonds is 5. The standard InChI is InChI=1S/C14H21NO/c1-11(2)12-5-7-13(8-6-12)14(16)9-10-15(3)4/h5-8,11H,9-10H2,1-4H3/p+1. The van der Waals surface area contributed by atoms with E-state index in [1.54, 1.807) is 0 Å². The van der Waals surface area contributed by atoms with E-state index in [2.05, 4.69) is 40.1 Å². The van der Waals surface area contributed by atoms with E-state index in [1.165, 1.54) is 10.5 Å². The van der Waals surface area contributed by atoms with Crippen LogP contribution in [0.2, 0.25) is 0 Å². The quantitative estimate of drug-likeness (QED) is 0.747. The molecule has 0 saturated carbocycles. The fourth-order valence-electron chi connectivity index (χ4n) is 1.56. The highest BCUT2D eigenvalue weighted by molar-refractivity contribution is 5.96. The molecule has 0 unspecified atom stereocenters. The van der Waals surface area contributed by atoms with Crippen LogP contribution in [-0.2, 0) is 0 Å². The van der Waals surface area contributed by atoms with Crippen LogP contribution in [0.5, 0.6) is 0 Å². The lowest BCUT2D eigenvalue weighted by molar-refractivity contribution is -0.857. The first kappa shape index (κ1) is 12.9. The van der Waals surface area contributed by atoms with Crippen LogP contribution in [0.4, 0.5) is 0 Å². The third-order valence-electron chi connectivity index (χ3n) is 2.75. The van der Waals surface area contributed by atoms with Gasteiger partial charge < -0.3 is 4.90 Å². The highest BCUT2D eigenvalue weighted by Crippen LogP contribution is 2.15. The zero-order valence-corrected chi connectivity index (χ0v) is 10.7. The summed E-state index contributed by atoms with van der Waals surface area (Å²) in [6, 6.07) is 8.01. The Morgan fingerprint density at radius 1 is 1.19 bits per heavy atom. The average molecular weight is 220 g/mol. The number of benzene rings is 1. The Morgan fingerprint density at radius 3 is 2.19 bits per heavy atom. The van der Waals surface area contributed by atoms with Gasteiger partial charge in [0.1, 0.15) is 0 Å². The molecule has 0 aliphatic rings. The van der Waals surface area contributed by atoms with Gasteiger partial charge in [0, 0.05) is 5.56 Å². The van der Waals surface area contributed by atoms with Gasteiger partial charge >= 0.3 is 0 Å². The number of carbonyl (C=O) groups is 1. The number of hydrogen-bond acceptors (Lipinski definition) is 1. The summed E-state index contributed by atoms with van der Waals surface area (Å²) < 4.78 is 0. The Hall–Kier alpha value is -1.15. The summed E-state index contributed by atoms with van der Waals surface area (Å²) in [6.45, 7) is 5.21. The number of quaternary nitrogens is 1. The molecule has 88 valence electrons. The first-order valence-electron chi connectivity index (χ1n) is 5.93. The van der Waals surface area contributed by atoms with Gasteiger partial charge in [-0.25, -0.2) is 0 Å². The zero-order chi connectivity index (χ0) is 12.1. The minimum Gasteiger partial charge on any atom is -0.339 e. The Bertz CT molecular complexity index is 338. The molecule has 1 aromatic rings. The average Bonchev–Trinajstić information content (AvgIpc) is 2.26. The third-order valence-corrected chi connectivity index (χ3v) is 2.75. The van der Waals surface area contributed by atoms with Crippen molar-refractivity contribution in [1.29, 1.82) is 0 Å². The van der Waals surface area contributed by atoms with Crippen molar-refractivity contribution < 1.29 is 9.69 Å². The first-order chi connectivity index (χ1) is 7.50. The van der Waals surface area contributed by atoms with Crippen molar-refractivity contribution in [2.75, 3.05) is 20.6 Å². The molecule has 0 fully saturated rings. The molecule has 1 rings (SSSR count). The lowest BCUT2D eigenvalue weighted by Crippen LogP contribution is -3.05. The van der Waals surface area contributed by atoms with E-state index < -0.39 is 0 Å². The molecule has 0 spiro atoms. The van der Waals surface area contributed by atoms with Gasteiger partial charge in [0.2, 0.25) is 0 Å². The second-order valence-electron chi connectivity index (χ2n) is 4.91. The van der Waals surface area contributed by atoms with Gasteiger partial charge in [-0.3, -0.25) is 4.79 Å². The number of Topliss-reactive ketones (excluding diaryl/α,β-unsaturated/α-hetero) is 1. The van der Waals surface area contributed by atoms with Gasteiger partial charge in [0.25, 0.3) is 0 Å². The fraction of sp³-hybridized carbons (Fsp3) is 0.500. The minimum atomic E-state index is 0.247. The molecular weight excluding hydrogens is 198 g/mol. The van der Waals surface area contributed by atoms with Crippen LogP contribution in [0.3, 0.4) is 0 Å². The maximum Gasteiger partial charge on any atom is 0.168 e. The lowest BCUT2D eigenvalue weighted by Gasteiger charge is -2.08. The van der Waals surface area contributed by atoms with E-state index in [-0.39, 0.29) is 5.78 Å². The maximum atomic E-state index is 11.8. The monoisotopic (exact) mass is 220 g/mol. The molecule has 0 aliphatic carbocycles. The number of nitrogens with one attached hydrogen (secondary N) is 1. The first-order valence-corrected chi connectivity index (χ1v) is 5.93. The molecule has 16 heavy (non-hydrogen) atoms. The van der Waals surface area contributed by atoms with E-state index in [9.17, 15) is 4.79 Å². The molecule has 0 atom stereocenters. The zero-order valence-electron chi connectivity index (χ0n) is 10.7. The summed E-state index contributed by atoms with van der Waals surface area (Å²) in [6.07, 6.45) is 0.628. The van der Waals surface area contributed by atoms with E-state index in [0.717, 1.165) is 12.1 Å². The summed E-state index contributed by atoms with van der Waals surface area (Å²) in [7, 11) is 4.13. The second-order valence-corrected chi connectivity index (χ2v) is 4.91. The van der Waals surface area contributed by atoms with Crippen LogP contribution >= 0.6 is 0 Å². The molecule has 0 aromatic heterocycles. The van der Waals surface area contributed by atoms with Gasteiger partial charge in [0.05, 0.1) is 27.1 Å². The molecular formula is C14H22NO+. The van der Waals surface area contributed by atoms with E-state index in [4.69, 9.17) is 0 Å². The molecule has 0 saturated heterocycles. The van der Waals surface area contributed by atoms with Gasteiger partial charge in [0.15, 0.2) is 5.78 Å². The molecule has 2 heteroatoms. The number of carbonyl (C=O) groups excluding carboxylic acids is 1. The predicted octanol–water partition coefficient (Wildman–Crippen LogP) is 1.53. The van der Waals surface area contributed by atoms with Crippen LogP contribution < -0.4 is 4.90 Å². The molecule has 0 amide bonds. The second kappa shape index (κ2) is 5.80. The Kier molecular flexibility index (Phi) is 4.69. The lowest BCUT2D eigenvalue weighted by atomic mass is 10.00. The van der Waals surface area contributed by atoms with E-state index in [1.807, 2.05) is 12.1 Å². The van der Waals surface area contributed by atoms with Crippen LogP contribution in [0, 0.1) is 0 Å². The Morgan fingerprint density at radius 2 is 1.75 bits per heavy atom. The van der Waals surface area contributed by atoms with Crippen LogP contribution in [-0.4, -0.2) is 26.4 Å². The molecule has 0 heterocycles. The van der Waals surface area contributed by atoms with Crippen molar-refractivity contribution in [2.24, 2.45) is 0 Å². The van der Waals surface area contributed by atoms with Gasteiger partial charge in [-0.2, -0.15) is 0 Å². The Labute approximate surface area is 98.3 Å². The summed E-state index contributed by atoms with van der Waals surface area (Å²) >= 11 is 0. The summed E-state index contributed by atoms with van der Waals surface area (Å²) in [5.74, 6) is 0.770. The highest BCUT2D eigenvalue weighted by atomic mass is 16.1. The molecule has 2 nitrogen and oxygen atoms in total. The van der Waals surface area contributed by atoms with Crippen LogP contribution in [0.15, 0.2) is 24.3 Å². The Balaban J connectivity index is 2.63. The normalized spacial score (nSPS) is 11.1. The molecule has 0 bridgehead atoms. The minimum absolute atomic E-state index is 0.247. The van der Waals surface area contributed by atoms with E-state index >= 15 is 0 Å². The maximum absolute atomic E-state index is 11.8. The van der Waals surface area contributed by atoms with Crippen LogP contribution in [0.25, 0.3) is 0 Å². The topological polar surface area (TPSA) is 21.5 Å². The van der Waals surface area contributed by atoms with Crippen molar-refractivity contribution in [3.63, 3.8) is 0 Å². The molecule has 1 N–H and O–H groups in total. The SMILES string of the molecule is CC(C)c1ccc(C(=O)CC[NH+](C)C)cc1. The van der Waals surface area contributed by atoms with Crippen molar-refractivity contribution in [2.45, 2.75) is 26.2 Å². The van der Waals surface area contributed by atoms with E-state index in [0.29, 0.717) is 12.3 Å². The molecule has 0 aliphatic heterocycles. The van der Waals surface area contributed by atoms with Crippen molar-refractivity contribution in [1.82, 2.24) is 0 Å². The van der Waals surface area contributed by atoms with Crippen LogP contribution in [0.1, 0.15) is 42.1 Å². The summed E-state index contributed by atoms with van der Waals surface area (Å²) in [5, 5.41) is 0. The third kappa shape index (κ3) is 3.78. The molecule has 1 aromatic carbocycles. The van der Waals surface area contributed by atoms with Gasteiger partial charge in [-0.15, -0.1) is 0 Å². The van der Waals surface area contributed by atoms with Crippen molar-refractivity contribution >= 4 is 5.78 Å². The van der Waals surface area contributed by atoms with Gasteiger partial charge in [-0.1, -0.05) is 38.1 Å². The highest BCUT2D eigenvalue weighted by Gasteiger charge is 2.08. The summed E-state index contributed by atoms with van der Waals surface area (Å²) in [5.41, 5.74) is 2.13. The fourth-order valence-corrected chi connectivity index (χ4v) is 1.56. The predicted molar refractivity (Wildman–Crippen MR) is 67.2 cm³/mol. The number of hydrogen-bond donors (Lipinski definition) is 1. The van der Waals surface area contributed by atoms with Crippen molar-refractivity contribution in [3.05, 3.63) is 35.4 Å². The molecule has 0 radical (unpaired) electrons. The largest absolute Gasteiger partial charge is 0.339 e. The van der Waals surface area contributed by atoms with Gasteiger partial charge in [-0.05, 0) is 11.5 Å². The summed E-state index contributed by atoms with van der Waals surface area (Å²) in [4.78, 5) is 13.1. The number of ketones is 1. The smallest absolute Gasteiger partial charge is 0.168 e.